The number of benzene rings is 2. The number of fused-ring (bicyclic) bond motifs is 1. The predicted octanol–water partition coefficient (Wildman–Crippen LogP) is 3.78. The molecule has 1 aliphatic carbocycles. The van der Waals surface area contributed by atoms with Crippen molar-refractivity contribution >= 4 is 28.2 Å². The first-order valence-electron chi connectivity index (χ1n) is 11.2. The molecular formula is C25H29FN4O3. The lowest BCUT2D eigenvalue weighted by Crippen LogP contribution is -2.36. The number of carboxylic acids is 1. The number of nitrogens with two attached hydrogens (primary N) is 1. The number of carboxylic acid groups (broad SMARTS) is 1. The normalized spacial score (nSPS) is 19.5. The second kappa shape index (κ2) is 8.86. The van der Waals surface area contributed by atoms with Gasteiger partial charge in [-0.15, -0.1) is 0 Å². The Hall–Kier alpha value is -3.39. The molecule has 0 radical (unpaired) electrons. The standard InChI is InChI=1S/C25H29FN4O3/c1-3-25(13-17(25)15-8-6-5-7-9-15)29-11-10-28-18-12-19-20(22(27)21(18)26)23(31)16(24(32)33)14-30(19)4-2/h5-9,12,14,17,28-29H,3-4,10-11,13,27H2,1-2H3,(H,32,33)/t17-,25-/m1/s1. The Labute approximate surface area is 191 Å². The molecule has 33 heavy (non-hydrogen) atoms. The van der Waals surface area contributed by atoms with Gasteiger partial charge in [0.1, 0.15) is 5.56 Å². The van der Waals surface area contributed by atoms with Gasteiger partial charge in [0, 0.05) is 37.3 Å². The first kappa shape index (κ1) is 22.8. The number of hydrogen-bond donors (Lipinski definition) is 4. The molecule has 2 atom stereocenters. The number of carbonyl (C=O) groups is 1. The third-order valence-electron chi connectivity index (χ3n) is 6.74. The summed E-state index contributed by atoms with van der Waals surface area (Å²) in [5, 5.41) is 15.9. The van der Waals surface area contributed by atoms with Crippen LogP contribution in [0.5, 0.6) is 0 Å². The monoisotopic (exact) mass is 452 g/mol. The summed E-state index contributed by atoms with van der Waals surface area (Å²) in [5.41, 5.74) is 6.39. The highest BCUT2D eigenvalue weighted by Crippen LogP contribution is 2.53. The van der Waals surface area contributed by atoms with E-state index in [-0.39, 0.29) is 22.3 Å². The van der Waals surface area contributed by atoms with Crippen molar-refractivity contribution in [3.63, 3.8) is 0 Å². The molecular weight excluding hydrogens is 423 g/mol. The quantitative estimate of drug-likeness (QED) is 0.291. The van der Waals surface area contributed by atoms with Crippen molar-refractivity contribution in [2.24, 2.45) is 0 Å². The maximum atomic E-state index is 15.0. The van der Waals surface area contributed by atoms with Crippen molar-refractivity contribution in [3.8, 4) is 0 Å². The van der Waals surface area contributed by atoms with E-state index >= 15 is 0 Å². The fourth-order valence-electron chi connectivity index (χ4n) is 4.74. The van der Waals surface area contributed by atoms with Gasteiger partial charge in [-0.25, -0.2) is 9.18 Å². The second-order valence-electron chi connectivity index (χ2n) is 8.54. The van der Waals surface area contributed by atoms with Crippen LogP contribution in [0.15, 0.2) is 47.4 Å². The molecule has 1 aliphatic rings. The minimum absolute atomic E-state index is 0.0555. The molecule has 1 saturated carbocycles. The van der Waals surface area contributed by atoms with Crippen molar-refractivity contribution in [3.05, 3.63) is 69.8 Å². The molecule has 3 aromatic rings. The van der Waals surface area contributed by atoms with E-state index in [0.29, 0.717) is 31.1 Å². The molecule has 4 rings (SSSR count). The van der Waals surface area contributed by atoms with Gasteiger partial charge < -0.3 is 26.0 Å². The first-order valence-corrected chi connectivity index (χ1v) is 11.2. The fraction of sp³-hybridized carbons (Fsp3) is 0.360. The molecule has 8 heteroatoms. The number of halogens is 1. The van der Waals surface area contributed by atoms with Crippen LogP contribution in [-0.4, -0.2) is 34.3 Å². The van der Waals surface area contributed by atoms with E-state index in [1.54, 1.807) is 4.57 Å². The van der Waals surface area contributed by atoms with Gasteiger partial charge in [0.15, 0.2) is 5.82 Å². The molecule has 1 heterocycles. The summed E-state index contributed by atoms with van der Waals surface area (Å²) in [6.07, 6.45) is 3.34. The summed E-state index contributed by atoms with van der Waals surface area (Å²) >= 11 is 0. The van der Waals surface area contributed by atoms with Crippen molar-refractivity contribution in [1.82, 2.24) is 9.88 Å². The van der Waals surface area contributed by atoms with Crippen molar-refractivity contribution in [1.29, 1.82) is 0 Å². The summed E-state index contributed by atoms with van der Waals surface area (Å²) < 4.78 is 16.6. The van der Waals surface area contributed by atoms with Crippen LogP contribution in [0.1, 0.15) is 48.5 Å². The molecule has 0 amide bonds. The van der Waals surface area contributed by atoms with E-state index in [9.17, 15) is 19.1 Å². The Morgan fingerprint density at radius 1 is 1.27 bits per heavy atom. The topological polar surface area (TPSA) is 109 Å². The number of pyridine rings is 1. The van der Waals surface area contributed by atoms with Gasteiger partial charge in [-0.3, -0.25) is 4.79 Å². The molecule has 0 unspecified atom stereocenters. The number of hydrogen-bond acceptors (Lipinski definition) is 5. The third kappa shape index (κ3) is 4.06. The van der Waals surface area contributed by atoms with Gasteiger partial charge in [-0.1, -0.05) is 37.3 Å². The molecule has 1 aromatic heterocycles. The van der Waals surface area contributed by atoms with Crippen LogP contribution in [0.3, 0.4) is 0 Å². The summed E-state index contributed by atoms with van der Waals surface area (Å²) in [4.78, 5) is 24.0. The molecule has 5 N–H and O–H groups in total. The van der Waals surface area contributed by atoms with Crippen LogP contribution in [-0.2, 0) is 6.54 Å². The lowest BCUT2D eigenvalue weighted by Gasteiger charge is -2.19. The molecule has 0 spiro atoms. The zero-order valence-corrected chi connectivity index (χ0v) is 18.8. The second-order valence-corrected chi connectivity index (χ2v) is 8.54. The Bertz CT molecular complexity index is 1260. The van der Waals surface area contributed by atoms with E-state index < -0.39 is 22.8 Å². The predicted molar refractivity (Wildman–Crippen MR) is 129 cm³/mol. The van der Waals surface area contributed by atoms with E-state index in [0.717, 1.165) is 12.8 Å². The highest BCUT2D eigenvalue weighted by molar-refractivity contribution is 5.99. The average molecular weight is 453 g/mol. The van der Waals surface area contributed by atoms with Gasteiger partial charge in [0.05, 0.1) is 22.3 Å². The third-order valence-corrected chi connectivity index (χ3v) is 6.74. The Balaban J connectivity index is 1.51. The van der Waals surface area contributed by atoms with Gasteiger partial charge in [0.25, 0.3) is 0 Å². The highest BCUT2D eigenvalue weighted by Gasteiger charge is 2.52. The maximum Gasteiger partial charge on any atom is 0.341 e. The summed E-state index contributed by atoms with van der Waals surface area (Å²) in [7, 11) is 0. The van der Waals surface area contributed by atoms with Gasteiger partial charge in [0.2, 0.25) is 5.43 Å². The maximum absolute atomic E-state index is 15.0. The first-order chi connectivity index (χ1) is 15.8. The fourth-order valence-corrected chi connectivity index (χ4v) is 4.74. The van der Waals surface area contributed by atoms with Crippen molar-refractivity contribution < 1.29 is 14.3 Å². The summed E-state index contributed by atoms with van der Waals surface area (Å²) in [6.45, 7) is 5.49. The average Bonchev–Trinajstić information content (AvgIpc) is 3.55. The minimum atomic E-state index is -1.36. The van der Waals surface area contributed by atoms with E-state index in [2.05, 4.69) is 41.8 Å². The number of nitrogens with one attached hydrogen (secondary N) is 2. The van der Waals surface area contributed by atoms with Gasteiger partial charge >= 0.3 is 5.97 Å². The smallest absolute Gasteiger partial charge is 0.341 e. The SMILES string of the molecule is CCn1cc(C(=O)O)c(=O)c2c(N)c(F)c(NCCN[C@]3(CC)C[C@@H]3c3ccccc3)cc21. The number of nitrogens with zero attached hydrogens (tertiary/aromatic N) is 1. The number of aryl methyl sites for hydroxylation is 1. The molecule has 0 saturated heterocycles. The minimum Gasteiger partial charge on any atom is -0.477 e. The van der Waals surface area contributed by atoms with Gasteiger partial charge in [-0.05, 0) is 31.4 Å². The van der Waals surface area contributed by atoms with Crippen molar-refractivity contribution in [2.75, 3.05) is 24.1 Å². The van der Waals surface area contributed by atoms with Crippen LogP contribution in [0.4, 0.5) is 15.8 Å². The Morgan fingerprint density at radius 2 is 2.00 bits per heavy atom. The van der Waals surface area contributed by atoms with Crippen LogP contribution >= 0.6 is 0 Å². The Kier molecular flexibility index (Phi) is 6.12. The zero-order chi connectivity index (χ0) is 23.8. The molecule has 2 aromatic carbocycles. The lowest BCUT2D eigenvalue weighted by atomic mass is 10.0. The molecule has 0 bridgehead atoms. The molecule has 1 fully saturated rings. The van der Waals surface area contributed by atoms with Crippen molar-refractivity contribution in [2.45, 2.75) is 44.7 Å². The van der Waals surface area contributed by atoms with Crippen LogP contribution in [0, 0.1) is 5.82 Å². The van der Waals surface area contributed by atoms with Gasteiger partial charge in [-0.2, -0.15) is 0 Å². The lowest BCUT2D eigenvalue weighted by molar-refractivity contribution is 0.0695. The van der Waals surface area contributed by atoms with E-state index in [4.69, 9.17) is 5.73 Å². The van der Waals surface area contributed by atoms with Crippen LogP contribution in [0.2, 0.25) is 0 Å². The highest BCUT2D eigenvalue weighted by atomic mass is 19.1. The zero-order valence-electron chi connectivity index (χ0n) is 18.8. The van der Waals surface area contributed by atoms with Crippen LogP contribution in [0.25, 0.3) is 10.9 Å². The number of aromatic carboxylic acids is 1. The molecule has 174 valence electrons. The number of aromatic nitrogens is 1. The summed E-state index contributed by atoms with van der Waals surface area (Å²) in [6, 6.07) is 11.9. The van der Waals surface area contributed by atoms with E-state index in [1.165, 1.54) is 17.8 Å². The number of anilines is 2. The largest absolute Gasteiger partial charge is 0.477 e. The Morgan fingerprint density at radius 3 is 2.64 bits per heavy atom. The van der Waals surface area contributed by atoms with E-state index in [1.807, 2.05) is 13.0 Å². The van der Waals surface area contributed by atoms with Crippen LogP contribution < -0.4 is 21.8 Å². The number of nitrogen functional groups attached to an aromatic ring is 1. The molecule has 0 aliphatic heterocycles. The molecule has 7 nitrogen and oxygen atoms in total. The number of rotatable bonds is 9. The summed E-state index contributed by atoms with van der Waals surface area (Å²) in [5.74, 6) is -1.64.